The van der Waals surface area contributed by atoms with Crippen molar-refractivity contribution in [3.8, 4) is 0 Å². The van der Waals surface area contributed by atoms with E-state index in [-0.39, 0.29) is 28.4 Å². The first-order chi connectivity index (χ1) is 17.7. The molecule has 2 aromatic carbocycles. The van der Waals surface area contributed by atoms with Gasteiger partial charge >= 0.3 is 0 Å². The van der Waals surface area contributed by atoms with E-state index >= 15 is 0 Å². The smallest absolute Gasteiger partial charge is 0.252 e. The van der Waals surface area contributed by atoms with Gasteiger partial charge in [-0.25, -0.2) is 8.42 Å². The molecule has 3 heterocycles. The third-order valence-electron chi connectivity index (χ3n) is 7.75. The van der Waals surface area contributed by atoms with Crippen molar-refractivity contribution in [2.45, 2.75) is 63.1 Å². The van der Waals surface area contributed by atoms with Crippen molar-refractivity contribution in [3.63, 3.8) is 0 Å². The molecule has 1 aromatic heterocycles. The van der Waals surface area contributed by atoms with Gasteiger partial charge in [0.15, 0.2) is 0 Å². The van der Waals surface area contributed by atoms with Crippen LogP contribution < -0.4 is 10.9 Å². The number of amides is 1. The summed E-state index contributed by atoms with van der Waals surface area (Å²) >= 11 is 0. The quantitative estimate of drug-likeness (QED) is 0.517. The Labute approximate surface area is 217 Å². The van der Waals surface area contributed by atoms with Crippen LogP contribution >= 0.6 is 0 Å². The predicted molar refractivity (Wildman–Crippen MR) is 144 cm³/mol. The number of aromatic amines is 1. The highest BCUT2D eigenvalue weighted by atomic mass is 32.2. The minimum Gasteiger partial charge on any atom is -0.350 e. The van der Waals surface area contributed by atoms with E-state index in [2.05, 4.69) is 40.3 Å². The molecule has 2 aliphatic heterocycles. The molecule has 2 atom stereocenters. The average Bonchev–Trinajstić information content (AvgIpc) is 2.90. The molecule has 0 aliphatic carbocycles. The lowest BCUT2D eigenvalue weighted by molar-refractivity contribution is 0.0934. The fourth-order valence-electron chi connectivity index (χ4n) is 5.50. The van der Waals surface area contributed by atoms with E-state index in [0.29, 0.717) is 24.0 Å². The van der Waals surface area contributed by atoms with E-state index < -0.39 is 15.6 Å². The number of fused-ring (bicyclic) bond motifs is 2. The highest BCUT2D eigenvalue weighted by Gasteiger charge is 2.31. The van der Waals surface area contributed by atoms with Crippen LogP contribution in [-0.2, 0) is 23.0 Å². The van der Waals surface area contributed by atoms with Gasteiger partial charge in [0.2, 0.25) is 15.6 Å². The van der Waals surface area contributed by atoms with E-state index in [1.807, 2.05) is 13.0 Å². The van der Waals surface area contributed by atoms with Gasteiger partial charge in [0, 0.05) is 55.2 Å². The number of nitrogens with one attached hydrogen (secondary N) is 2. The number of carbonyl (C=O) groups excluding carboxylic acids is 1. The van der Waals surface area contributed by atoms with E-state index in [1.165, 1.54) is 29.3 Å². The summed E-state index contributed by atoms with van der Waals surface area (Å²) in [5, 5.41) is 3.39. The topological polar surface area (TPSA) is 103 Å². The molecular weight excluding hydrogens is 488 g/mol. The summed E-state index contributed by atoms with van der Waals surface area (Å²) in [4.78, 5) is 30.8. The Hall–Kier alpha value is -3.01. The van der Waals surface area contributed by atoms with Gasteiger partial charge in [-0.3, -0.25) is 14.5 Å². The monoisotopic (exact) mass is 522 g/mol. The van der Waals surface area contributed by atoms with Crippen molar-refractivity contribution in [1.29, 1.82) is 0 Å². The van der Waals surface area contributed by atoms with Crippen LogP contribution in [0.2, 0.25) is 0 Å². The van der Waals surface area contributed by atoms with Crippen molar-refractivity contribution in [3.05, 3.63) is 75.6 Å². The van der Waals surface area contributed by atoms with Crippen LogP contribution in [0.25, 0.3) is 10.9 Å². The highest BCUT2D eigenvalue weighted by Crippen LogP contribution is 2.28. The molecule has 2 aliphatic rings. The molecule has 0 radical (unpaired) electrons. The lowest BCUT2D eigenvalue weighted by atomic mass is 9.99. The summed E-state index contributed by atoms with van der Waals surface area (Å²) in [5.74, 6) is -0.388. The summed E-state index contributed by atoms with van der Waals surface area (Å²) in [7, 11) is -3.72. The second kappa shape index (κ2) is 10.4. The van der Waals surface area contributed by atoms with Gasteiger partial charge in [-0.1, -0.05) is 30.7 Å². The predicted octanol–water partition coefficient (Wildman–Crippen LogP) is 3.27. The van der Waals surface area contributed by atoms with Gasteiger partial charge in [-0.05, 0) is 62.4 Å². The van der Waals surface area contributed by atoms with Crippen LogP contribution in [0, 0.1) is 0 Å². The van der Waals surface area contributed by atoms with E-state index in [0.717, 1.165) is 38.8 Å². The molecule has 1 saturated heterocycles. The zero-order valence-electron chi connectivity index (χ0n) is 21.4. The van der Waals surface area contributed by atoms with Gasteiger partial charge in [0.1, 0.15) is 0 Å². The second-order valence-electron chi connectivity index (χ2n) is 10.3. The van der Waals surface area contributed by atoms with Crippen molar-refractivity contribution < 1.29 is 13.2 Å². The number of aromatic nitrogens is 1. The second-order valence-corrected chi connectivity index (χ2v) is 12.2. The van der Waals surface area contributed by atoms with E-state index in [1.54, 1.807) is 10.4 Å². The SMILES string of the molecule is CC(CNC(=O)c1cc(=O)[nH]c2ccc(S(=O)(=O)N3CCCCC3C)cc12)N1CCc2ccccc2C1. The summed E-state index contributed by atoms with van der Waals surface area (Å²) in [6, 6.07) is 14.3. The van der Waals surface area contributed by atoms with Gasteiger partial charge in [0.05, 0.1) is 10.5 Å². The molecule has 3 aromatic rings. The number of nitrogens with zero attached hydrogens (tertiary/aromatic N) is 2. The largest absolute Gasteiger partial charge is 0.350 e. The normalized spacial score (nSPS) is 19.9. The number of rotatable bonds is 6. The highest BCUT2D eigenvalue weighted by molar-refractivity contribution is 7.89. The molecule has 0 saturated carbocycles. The summed E-state index contributed by atoms with van der Waals surface area (Å²) < 4.78 is 28.4. The number of hydrogen-bond donors (Lipinski definition) is 2. The van der Waals surface area contributed by atoms with Crippen molar-refractivity contribution in [1.82, 2.24) is 19.5 Å². The summed E-state index contributed by atoms with van der Waals surface area (Å²) in [6.45, 7) is 6.65. The number of H-pyrrole nitrogens is 1. The molecular formula is C28H34N4O4S. The van der Waals surface area contributed by atoms with Gasteiger partial charge in [-0.15, -0.1) is 0 Å². The van der Waals surface area contributed by atoms with Crippen LogP contribution in [0.15, 0.2) is 58.2 Å². The number of pyridine rings is 1. The van der Waals surface area contributed by atoms with Crippen molar-refractivity contribution in [2.24, 2.45) is 0 Å². The van der Waals surface area contributed by atoms with Crippen LogP contribution in [0.1, 0.15) is 54.6 Å². The molecule has 5 rings (SSSR count). The first kappa shape index (κ1) is 25.6. The Balaban J connectivity index is 1.36. The zero-order chi connectivity index (χ0) is 26.2. The van der Waals surface area contributed by atoms with Gasteiger partial charge in [-0.2, -0.15) is 4.31 Å². The molecule has 0 bridgehead atoms. The zero-order valence-corrected chi connectivity index (χ0v) is 22.2. The lowest BCUT2D eigenvalue weighted by Crippen LogP contribution is -2.44. The first-order valence-electron chi connectivity index (χ1n) is 13.0. The first-order valence-corrected chi connectivity index (χ1v) is 14.5. The molecule has 37 heavy (non-hydrogen) atoms. The van der Waals surface area contributed by atoms with E-state index in [4.69, 9.17) is 0 Å². The minimum atomic E-state index is -3.72. The molecule has 1 amide bonds. The van der Waals surface area contributed by atoms with Crippen LogP contribution in [0.3, 0.4) is 0 Å². The van der Waals surface area contributed by atoms with Crippen LogP contribution in [0.4, 0.5) is 0 Å². The third-order valence-corrected chi connectivity index (χ3v) is 9.76. The molecule has 196 valence electrons. The van der Waals surface area contributed by atoms with E-state index in [9.17, 15) is 18.0 Å². The van der Waals surface area contributed by atoms with Gasteiger partial charge < -0.3 is 10.3 Å². The molecule has 0 spiro atoms. The molecule has 2 N–H and O–H groups in total. The number of carbonyl (C=O) groups is 1. The Bertz CT molecular complexity index is 1480. The average molecular weight is 523 g/mol. The number of hydrogen-bond acceptors (Lipinski definition) is 5. The summed E-state index contributed by atoms with van der Waals surface area (Å²) in [5.41, 5.74) is 2.89. The lowest BCUT2D eigenvalue weighted by Gasteiger charge is -2.33. The number of sulfonamides is 1. The van der Waals surface area contributed by atoms with Gasteiger partial charge in [0.25, 0.3) is 5.91 Å². The third kappa shape index (κ3) is 5.21. The number of piperidine rings is 1. The maximum Gasteiger partial charge on any atom is 0.252 e. The molecule has 8 nitrogen and oxygen atoms in total. The Morgan fingerprint density at radius 3 is 2.68 bits per heavy atom. The molecule has 9 heteroatoms. The maximum absolute atomic E-state index is 13.4. The Kier molecular flexibility index (Phi) is 7.20. The summed E-state index contributed by atoms with van der Waals surface area (Å²) in [6.07, 6.45) is 3.65. The number of benzene rings is 2. The van der Waals surface area contributed by atoms with Crippen molar-refractivity contribution >= 4 is 26.8 Å². The maximum atomic E-state index is 13.4. The Morgan fingerprint density at radius 2 is 1.89 bits per heavy atom. The Morgan fingerprint density at radius 1 is 1.11 bits per heavy atom. The van der Waals surface area contributed by atoms with Crippen LogP contribution in [0.5, 0.6) is 0 Å². The van der Waals surface area contributed by atoms with Crippen molar-refractivity contribution in [2.75, 3.05) is 19.6 Å². The minimum absolute atomic E-state index is 0.0731. The standard InChI is InChI=1S/C28H34N4O4S/c1-19-7-5-6-13-32(19)37(35,36)23-10-11-26-24(15-23)25(16-27(33)30-26)28(34)29-17-20(2)31-14-12-21-8-3-4-9-22(21)18-31/h3-4,8-11,15-16,19-20H,5-7,12-14,17-18H2,1-2H3,(H,29,34)(H,30,33). The molecule has 2 unspecified atom stereocenters. The fraction of sp³-hybridized carbons (Fsp3) is 0.429. The van der Waals surface area contributed by atoms with Crippen LogP contribution in [-0.4, -0.2) is 60.2 Å². The molecule has 1 fully saturated rings. The fourth-order valence-corrected chi connectivity index (χ4v) is 7.23.